The van der Waals surface area contributed by atoms with Gasteiger partial charge in [0.2, 0.25) is 0 Å². The van der Waals surface area contributed by atoms with Crippen molar-refractivity contribution in [3.05, 3.63) is 6.29 Å². The molecule has 0 aromatic carbocycles. The fourth-order valence-corrected chi connectivity index (χ4v) is 2.68. The van der Waals surface area contributed by atoms with E-state index in [4.69, 9.17) is 9.84 Å². The van der Waals surface area contributed by atoms with Gasteiger partial charge in [-0.1, -0.05) is 13.8 Å². The van der Waals surface area contributed by atoms with Crippen LogP contribution in [0, 0.1) is 11.7 Å². The number of rotatable bonds is 1. The van der Waals surface area contributed by atoms with E-state index in [1.54, 1.807) is 0 Å². The lowest BCUT2D eigenvalue weighted by Crippen LogP contribution is -2.91. The van der Waals surface area contributed by atoms with Gasteiger partial charge in [0.15, 0.2) is 5.60 Å². The quantitative estimate of drug-likeness (QED) is 0.352. The first-order valence-corrected chi connectivity index (χ1v) is 4.71. The van der Waals surface area contributed by atoms with Crippen molar-refractivity contribution in [3.63, 3.8) is 0 Å². The van der Waals surface area contributed by atoms with Crippen LogP contribution in [0.4, 0.5) is 0 Å². The highest BCUT2D eigenvalue weighted by molar-refractivity contribution is 5.35. The predicted molar refractivity (Wildman–Crippen MR) is 46.8 cm³/mol. The van der Waals surface area contributed by atoms with E-state index in [2.05, 4.69) is 0 Å². The molecule has 0 aromatic rings. The molecule has 3 aliphatic rings. The first kappa shape index (κ1) is 11.3. The Morgan fingerprint density at radius 3 is 2.27 bits per heavy atom. The third kappa shape index (κ3) is 0.834. The molecule has 2 bridgehead atoms. The Bertz CT molecular complexity index is 288. The van der Waals surface area contributed by atoms with E-state index in [0.29, 0.717) is 0 Å². The zero-order valence-electron chi connectivity index (χ0n) is 8.51. The average Bonchev–Trinajstić information content (AvgIpc) is 2.19. The number of hydrogen-bond acceptors (Lipinski definition) is 6. The van der Waals surface area contributed by atoms with E-state index in [1.165, 1.54) is 13.8 Å². The Hall–Kier alpha value is -0.240. The van der Waals surface area contributed by atoms with Crippen molar-refractivity contribution >= 4 is 0 Å². The van der Waals surface area contributed by atoms with Crippen LogP contribution in [0.1, 0.15) is 13.8 Å². The van der Waals surface area contributed by atoms with Crippen molar-refractivity contribution in [1.82, 2.24) is 0 Å². The summed E-state index contributed by atoms with van der Waals surface area (Å²) in [5.41, 5.74) is -4.93. The van der Waals surface area contributed by atoms with Crippen LogP contribution < -0.4 is 0 Å². The zero-order chi connectivity index (χ0) is 11.6. The van der Waals surface area contributed by atoms with Gasteiger partial charge in [-0.05, 0) is 0 Å². The average molecular weight is 219 g/mol. The SMILES string of the molecule is CC1(C)[C@@]2(O)[C@@H](CO)O[C](O)[C@]1(O)[C@H]2O. The molecule has 0 amide bonds. The molecular weight excluding hydrogens is 204 g/mol. The molecule has 1 saturated carbocycles. The van der Waals surface area contributed by atoms with Crippen LogP contribution in [0.15, 0.2) is 0 Å². The second-order valence-electron chi connectivity index (χ2n) is 4.71. The lowest BCUT2D eigenvalue weighted by atomic mass is 9.43. The Labute approximate surface area is 86.7 Å². The molecule has 3 rings (SSSR count). The van der Waals surface area contributed by atoms with Gasteiger partial charge < -0.3 is 30.3 Å². The maximum atomic E-state index is 10.2. The number of ether oxygens (including phenoxy) is 1. The summed E-state index contributed by atoms with van der Waals surface area (Å²) in [6.45, 7) is 2.42. The first-order valence-electron chi connectivity index (χ1n) is 4.71. The monoisotopic (exact) mass is 219 g/mol. The Kier molecular flexibility index (Phi) is 2.03. The minimum Gasteiger partial charge on any atom is -0.394 e. The number of aliphatic hydroxyl groups is 5. The maximum Gasteiger partial charge on any atom is 0.258 e. The molecule has 0 spiro atoms. The van der Waals surface area contributed by atoms with Crippen LogP contribution in [-0.4, -0.2) is 55.5 Å². The van der Waals surface area contributed by atoms with Crippen LogP contribution in [0.25, 0.3) is 0 Å². The van der Waals surface area contributed by atoms with Gasteiger partial charge in [0.05, 0.1) is 6.61 Å². The number of hydrogen-bond donors (Lipinski definition) is 5. The van der Waals surface area contributed by atoms with Gasteiger partial charge in [-0.2, -0.15) is 0 Å². The lowest BCUT2D eigenvalue weighted by Gasteiger charge is -2.72. The van der Waals surface area contributed by atoms with Gasteiger partial charge in [-0.25, -0.2) is 0 Å². The second-order valence-corrected chi connectivity index (χ2v) is 4.71. The van der Waals surface area contributed by atoms with Crippen LogP contribution in [0.5, 0.6) is 0 Å². The molecule has 2 saturated heterocycles. The molecular formula is C9H15O6. The Morgan fingerprint density at radius 1 is 1.33 bits per heavy atom. The van der Waals surface area contributed by atoms with E-state index >= 15 is 0 Å². The molecule has 5 N–H and O–H groups in total. The zero-order valence-corrected chi connectivity index (χ0v) is 8.51. The highest BCUT2D eigenvalue weighted by atomic mass is 16.7. The summed E-state index contributed by atoms with van der Waals surface area (Å²) in [5, 5.41) is 48.3. The maximum absolute atomic E-state index is 10.2. The third-order valence-corrected chi connectivity index (χ3v) is 4.00. The van der Waals surface area contributed by atoms with E-state index in [0.717, 1.165) is 0 Å². The fraction of sp³-hybridized carbons (Fsp3) is 0.889. The summed E-state index contributed by atoms with van der Waals surface area (Å²) in [4.78, 5) is 0. The summed E-state index contributed by atoms with van der Waals surface area (Å²) in [5.74, 6) is 0. The minimum atomic E-state index is -1.98. The normalized spacial score (nSPS) is 53.8. The molecule has 2 heterocycles. The van der Waals surface area contributed by atoms with Crippen molar-refractivity contribution in [2.24, 2.45) is 5.41 Å². The Morgan fingerprint density at radius 2 is 1.87 bits per heavy atom. The molecule has 6 nitrogen and oxygen atoms in total. The predicted octanol–water partition coefficient (Wildman–Crippen LogP) is -1.90. The minimum absolute atomic E-state index is 0.558. The summed E-state index contributed by atoms with van der Waals surface area (Å²) in [6.07, 6.45) is -3.46. The van der Waals surface area contributed by atoms with Gasteiger partial charge in [0, 0.05) is 5.41 Å². The molecule has 2 aliphatic heterocycles. The van der Waals surface area contributed by atoms with Crippen molar-refractivity contribution in [2.75, 3.05) is 6.61 Å². The third-order valence-electron chi connectivity index (χ3n) is 4.00. The molecule has 1 aliphatic carbocycles. The second kappa shape index (κ2) is 2.71. The van der Waals surface area contributed by atoms with Crippen LogP contribution in [0.2, 0.25) is 0 Å². The van der Waals surface area contributed by atoms with Gasteiger partial charge in [-0.15, -0.1) is 0 Å². The molecule has 1 radical (unpaired) electrons. The van der Waals surface area contributed by atoms with Crippen molar-refractivity contribution in [1.29, 1.82) is 0 Å². The van der Waals surface area contributed by atoms with E-state index in [-0.39, 0.29) is 0 Å². The van der Waals surface area contributed by atoms with E-state index < -0.39 is 41.7 Å². The van der Waals surface area contributed by atoms with Crippen LogP contribution >= 0.6 is 0 Å². The van der Waals surface area contributed by atoms with Crippen LogP contribution in [0.3, 0.4) is 0 Å². The molecule has 6 heteroatoms. The van der Waals surface area contributed by atoms with E-state index in [9.17, 15) is 20.4 Å². The number of aliphatic hydroxyl groups excluding tert-OH is 3. The standard InChI is InChI=1S/C9H15O6/c1-7(2)8(13)4(3-10)15-6(12)9(7,14)5(8)11/h4-5,10-14H,3H2,1-2H3/t4-,5+,8-,9-/m1/s1. The van der Waals surface area contributed by atoms with Crippen molar-refractivity contribution in [2.45, 2.75) is 37.3 Å². The van der Waals surface area contributed by atoms with Gasteiger partial charge in [0.1, 0.15) is 17.8 Å². The van der Waals surface area contributed by atoms with Crippen molar-refractivity contribution < 1.29 is 30.3 Å². The highest BCUT2D eigenvalue weighted by Crippen LogP contribution is 2.65. The molecule has 4 atom stereocenters. The highest BCUT2D eigenvalue weighted by Gasteiger charge is 2.84. The lowest BCUT2D eigenvalue weighted by molar-refractivity contribution is -0.448. The Balaban J connectivity index is 2.47. The summed E-state index contributed by atoms with van der Waals surface area (Å²) < 4.78 is 4.77. The van der Waals surface area contributed by atoms with Gasteiger partial charge in [-0.3, -0.25) is 0 Å². The van der Waals surface area contributed by atoms with Gasteiger partial charge in [0.25, 0.3) is 6.29 Å². The summed E-state index contributed by atoms with van der Waals surface area (Å²) >= 11 is 0. The topological polar surface area (TPSA) is 110 Å². The molecule has 3 fully saturated rings. The largest absolute Gasteiger partial charge is 0.394 e. The van der Waals surface area contributed by atoms with Crippen LogP contribution in [-0.2, 0) is 4.74 Å². The van der Waals surface area contributed by atoms with Gasteiger partial charge >= 0.3 is 0 Å². The molecule has 15 heavy (non-hydrogen) atoms. The molecule has 0 unspecified atom stereocenters. The van der Waals surface area contributed by atoms with Crippen molar-refractivity contribution in [3.8, 4) is 0 Å². The number of fused-ring (bicyclic) bond motifs is 2. The smallest absolute Gasteiger partial charge is 0.258 e. The molecule has 0 aromatic heterocycles. The van der Waals surface area contributed by atoms with E-state index in [1.807, 2.05) is 0 Å². The molecule has 87 valence electrons. The fourth-order valence-electron chi connectivity index (χ4n) is 2.68. The first-order chi connectivity index (χ1) is 6.74. The summed E-state index contributed by atoms with van der Waals surface area (Å²) in [6, 6.07) is 0. The summed E-state index contributed by atoms with van der Waals surface area (Å²) in [7, 11) is 0.